The summed E-state index contributed by atoms with van der Waals surface area (Å²) in [6, 6.07) is 16.0. The highest BCUT2D eigenvalue weighted by molar-refractivity contribution is 5.96. The van der Waals surface area contributed by atoms with Crippen molar-refractivity contribution in [1.82, 2.24) is 4.90 Å². The first-order chi connectivity index (χ1) is 14.1. The number of aryl methyl sites for hydroxylation is 1. The molecule has 4 nitrogen and oxygen atoms in total. The Labute approximate surface area is 172 Å². The van der Waals surface area contributed by atoms with Crippen LogP contribution in [0.4, 0.5) is 4.39 Å². The lowest BCUT2D eigenvalue weighted by molar-refractivity contribution is -0.124. The number of hydrogen-bond donors (Lipinski definition) is 0. The van der Waals surface area contributed by atoms with Gasteiger partial charge in [0.05, 0.1) is 12.6 Å². The molecule has 1 aliphatic heterocycles. The van der Waals surface area contributed by atoms with E-state index in [1.165, 1.54) is 11.1 Å². The van der Waals surface area contributed by atoms with E-state index in [1.807, 2.05) is 37.3 Å². The zero-order valence-corrected chi connectivity index (χ0v) is 17.5. The highest BCUT2D eigenvalue weighted by atomic mass is 19.1. The molecule has 1 fully saturated rings. The fourth-order valence-corrected chi connectivity index (χ4v) is 4.02. The van der Waals surface area contributed by atoms with Crippen molar-refractivity contribution in [3.05, 3.63) is 65.2 Å². The van der Waals surface area contributed by atoms with Gasteiger partial charge in [-0.05, 0) is 62.7 Å². The molecule has 0 amide bonds. The number of para-hydroxylation sites is 1. The van der Waals surface area contributed by atoms with Crippen molar-refractivity contribution in [1.29, 1.82) is 0 Å². The third kappa shape index (κ3) is 5.30. The molecule has 0 bridgehead atoms. The Bertz CT molecular complexity index is 813. The van der Waals surface area contributed by atoms with Crippen LogP contribution < -0.4 is 4.74 Å². The summed E-state index contributed by atoms with van der Waals surface area (Å²) in [5.41, 5.74) is 3.49. The van der Waals surface area contributed by atoms with Crippen molar-refractivity contribution in [3.63, 3.8) is 0 Å². The summed E-state index contributed by atoms with van der Waals surface area (Å²) < 4.78 is 14.6. The Morgan fingerprint density at radius 1 is 1.07 bits per heavy atom. The first-order valence-electron chi connectivity index (χ1n) is 9.87. The molecule has 0 radical (unpaired) electrons. The maximum absolute atomic E-state index is 12.3. The zero-order valence-electron chi connectivity index (χ0n) is 17.5. The summed E-state index contributed by atoms with van der Waals surface area (Å²) in [6.45, 7) is 4.16. The van der Waals surface area contributed by atoms with E-state index in [2.05, 4.69) is 30.1 Å². The molecule has 0 saturated carbocycles. The quantitative estimate of drug-likeness (QED) is 0.734. The lowest BCUT2D eigenvalue weighted by Crippen LogP contribution is -2.44. The van der Waals surface area contributed by atoms with Crippen molar-refractivity contribution < 1.29 is 18.7 Å². The standard InChI is InChI=1S/C14H17NO.C9H10O2.CH3F/c1-15-8-6-14(7-9-15)12-5-3-2-4-11(12)10-13(14)16;1-8-4-2-3-5-9(8)11-7-6-10;1-2/h2-5H,6-10H2,1H3;2-6H,7H2,1H3;1H3. The SMILES string of the molecule is CF.CN1CCC2(CC1)C(=O)Cc1ccccc12.Cc1ccccc1OCC=O. The number of benzene rings is 2. The summed E-state index contributed by atoms with van der Waals surface area (Å²) >= 11 is 0. The number of carbonyl (C=O) groups is 2. The van der Waals surface area contributed by atoms with E-state index in [4.69, 9.17) is 4.74 Å². The van der Waals surface area contributed by atoms with Crippen molar-refractivity contribution in [3.8, 4) is 5.75 Å². The average Bonchev–Trinajstić information content (AvgIpc) is 3.03. The van der Waals surface area contributed by atoms with Crippen LogP contribution in [0.5, 0.6) is 5.75 Å². The van der Waals surface area contributed by atoms with Gasteiger partial charge >= 0.3 is 0 Å². The maximum atomic E-state index is 12.3. The van der Waals surface area contributed by atoms with Crippen LogP contribution in [-0.2, 0) is 21.4 Å². The van der Waals surface area contributed by atoms with E-state index in [-0.39, 0.29) is 12.0 Å². The van der Waals surface area contributed by atoms with Crippen LogP contribution in [0.1, 0.15) is 29.5 Å². The molecule has 2 aromatic carbocycles. The molecule has 2 aliphatic rings. The third-order valence-corrected chi connectivity index (χ3v) is 5.66. The number of piperidine rings is 1. The molecular weight excluding hydrogens is 369 g/mol. The van der Waals surface area contributed by atoms with E-state index in [0.29, 0.717) is 19.4 Å². The summed E-state index contributed by atoms with van der Waals surface area (Å²) in [5, 5.41) is 0. The van der Waals surface area contributed by atoms with Crippen LogP contribution in [0.15, 0.2) is 48.5 Å². The van der Waals surface area contributed by atoms with E-state index in [1.54, 1.807) is 0 Å². The first kappa shape index (κ1) is 22.8. The number of alkyl halides is 1. The van der Waals surface area contributed by atoms with Gasteiger partial charge in [-0.3, -0.25) is 14.0 Å². The largest absolute Gasteiger partial charge is 0.486 e. The van der Waals surface area contributed by atoms with Crippen molar-refractivity contribution in [2.75, 3.05) is 33.9 Å². The minimum absolute atomic E-state index is 0.130. The lowest BCUT2D eigenvalue weighted by Gasteiger charge is -2.37. The summed E-state index contributed by atoms with van der Waals surface area (Å²) in [7, 11) is 2.64. The van der Waals surface area contributed by atoms with Crippen LogP contribution in [0.3, 0.4) is 0 Å². The van der Waals surface area contributed by atoms with Crippen molar-refractivity contribution in [2.45, 2.75) is 31.6 Å². The summed E-state index contributed by atoms with van der Waals surface area (Å²) in [6.07, 6.45) is 3.39. The number of fused-ring (bicyclic) bond motifs is 2. The summed E-state index contributed by atoms with van der Waals surface area (Å²) in [4.78, 5) is 24.6. The fraction of sp³-hybridized carbons (Fsp3) is 0.417. The van der Waals surface area contributed by atoms with E-state index in [0.717, 1.165) is 43.5 Å². The monoisotopic (exact) mass is 399 g/mol. The number of hydrogen-bond acceptors (Lipinski definition) is 4. The van der Waals surface area contributed by atoms with Crippen LogP contribution >= 0.6 is 0 Å². The molecule has 5 heteroatoms. The Kier molecular flexibility index (Phi) is 8.52. The predicted octanol–water partition coefficient (Wildman–Crippen LogP) is 3.93. The molecular formula is C24H30FNO3. The van der Waals surface area contributed by atoms with Gasteiger partial charge in [-0.25, -0.2) is 0 Å². The molecule has 1 heterocycles. The molecule has 1 spiro atoms. The van der Waals surface area contributed by atoms with Gasteiger partial charge in [-0.2, -0.15) is 0 Å². The third-order valence-electron chi connectivity index (χ3n) is 5.66. The number of likely N-dealkylation sites (tertiary alicyclic amines) is 1. The van der Waals surface area contributed by atoms with Gasteiger partial charge in [0.2, 0.25) is 0 Å². The Morgan fingerprint density at radius 3 is 2.34 bits per heavy atom. The molecule has 1 saturated heterocycles. The van der Waals surface area contributed by atoms with Gasteiger partial charge in [0.15, 0.2) is 6.29 Å². The van der Waals surface area contributed by atoms with Gasteiger partial charge in [-0.15, -0.1) is 0 Å². The highest BCUT2D eigenvalue weighted by Crippen LogP contribution is 2.43. The number of ether oxygens (including phenoxy) is 1. The Morgan fingerprint density at radius 2 is 1.69 bits per heavy atom. The normalized spacial score (nSPS) is 16.8. The lowest BCUT2D eigenvalue weighted by atomic mass is 9.73. The van der Waals surface area contributed by atoms with Gasteiger partial charge in [0.1, 0.15) is 18.1 Å². The second kappa shape index (κ2) is 10.9. The number of nitrogens with zero attached hydrogens (tertiary/aromatic N) is 1. The summed E-state index contributed by atoms with van der Waals surface area (Å²) in [5.74, 6) is 1.22. The van der Waals surface area contributed by atoms with Crippen molar-refractivity contribution >= 4 is 12.1 Å². The Hall–Kier alpha value is -2.53. The molecule has 4 rings (SSSR count). The molecule has 1 aliphatic carbocycles. The first-order valence-corrected chi connectivity index (χ1v) is 9.87. The number of ketones is 1. The number of rotatable bonds is 3. The van der Waals surface area contributed by atoms with E-state index >= 15 is 0 Å². The average molecular weight is 400 g/mol. The van der Waals surface area contributed by atoms with Crippen molar-refractivity contribution in [2.24, 2.45) is 0 Å². The topological polar surface area (TPSA) is 46.6 Å². The number of halogens is 1. The van der Waals surface area contributed by atoms with E-state index in [9.17, 15) is 14.0 Å². The van der Waals surface area contributed by atoms with Crippen LogP contribution in [0, 0.1) is 6.92 Å². The molecule has 0 atom stereocenters. The van der Waals surface area contributed by atoms with Crippen LogP contribution in [0.2, 0.25) is 0 Å². The minimum atomic E-state index is -0.136. The molecule has 29 heavy (non-hydrogen) atoms. The zero-order chi connectivity index (χ0) is 21.3. The minimum Gasteiger partial charge on any atom is -0.486 e. The molecule has 156 valence electrons. The second-order valence-electron chi connectivity index (χ2n) is 7.39. The number of aldehydes is 1. The maximum Gasteiger partial charge on any atom is 0.157 e. The number of carbonyl (C=O) groups excluding carboxylic acids is 2. The highest BCUT2D eigenvalue weighted by Gasteiger charge is 2.46. The molecule has 2 aromatic rings. The molecule has 0 aromatic heterocycles. The number of Topliss-reactive ketones (excluding diaryl/α,β-unsaturated/α-hetero) is 1. The van der Waals surface area contributed by atoms with Crippen LogP contribution in [0.25, 0.3) is 0 Å². The van der Waals surface area contributed by atoms with E-state index < -0.39 is 0 Å². The fourth-order valence-electron chi connectivity index (χ4n) is 4.02. The molecule has 0 unspecified atom stereocenters. The van der Waals surface area contributed by atoms with Crippen LogP contribution in [-0.4, -0.2) is 50.9 Å². The second-order valence-corrected chi connectivity index (χ2v) is 7.39. The molecule has 0 N–H and O–H groups in total. The smallest absolute Gasteiger partial charge is 0.157 e. The van der Waals surface area contributed by atoms with Gasteiger partial charge < -0.3 is 9.64 Å². The Balaban J connectivity index is 0.000000203. The van der Waals surface area contributed by atoms with Gasteiger partial charge in [0.25, 0.3) is 0 Å². The predicted molar refractivity (Wildman–Crippen MR) is 113 cm³/mol. The van der Waals surface area contributed by atoms with Gasteiger partial charge in [0, 0.05) is 6.42 Å². The van der Waals surface area contributed by atoms with Gasteiger partial charge in [-0.1, -0.05) is 42.5 Å².